The summed E-state index contributed by atoms with van der Waals surface area (Å²) in [7, 11) is 3.33. The van der Waals surface area contributed by atoms with Crippen molar-refractivity contribution in [3.63, 3.8) is 0 Å². The summed E-state index contributed by atoms with van der Waals surface area (Å²) in [5, 5.41) is 14.0. The number of hydrogen-bond donors (Lipinski definition) is 1. The topological polar surface area (TPSA) is 96.3 Å². The van der Waals surface area contributed by atoms with E-state index in [4.69, 9.17) is 23.9 Å². The zero-order valence-electron chi connectivity index (χ0n) is 30.9. The summed E-state index contributed by atoms with van der Waals surface area (Å²) in [6, 6.07) is 15.7. The van der Waals surface area contributed by atoms with Gasteiger partial charge < -0.3 is 29.0 Å². The molecule has 278 valence electrons. The minimum Gasteiger partial charge on any atom is -0.495 e. The van der Waals surface area contributed by atoms with Crippen LogP contribution in [0.1, 0.15) is 62.5 Å². The fraction of sp³-hybridized carbons (Fsp3) is 0.674. The van der Waals surface area contributed by atoms with Crippen LogP contribution in [-0.2, 0) is 29.8 Å². The van der Waals surface area contributed by atoms with Gasteiger partial charge in [0.2, 0.25) is 0 Å². The first-order chi connectivity index (χ1) is 25.8. The second-order valence-corrected chi connectivity index (χ2v) is 19.0. The highest BCUT2D eigenvalue weighted by molar-refractivity contribution is 6.13. The molecule has 12 atom stereocenters. The summed E-state index contributed by atoms with van der Waals surface area (Å²) in [5.41, 5.74) is 3.39. The molecule has 5 spiro atoms. The predicted molar refractivity (Wildman–Crippen MR) is 196 cm³/mol. The maximum Gasteiger partial charge on any atom is 0.314 e. The minimum absolute atomic E-state index is 0.00337. The molecule has 9 heterocycles. The number of aliphatic hydroxyl groups is 1. The number of hydrogen-bond acceptors (Lipinski definition) is 10. The van der Waals surface area contributed by atoms with Crippen LogP contribution in [0.15, 0.2) is 47.5 Å². The van der Waals surface area contributed by atoms with Crippen LogP contribution in [0.5, 0.6) is 5.75 Å². The van der Waals surface area contributed by atoms with E-state index in [0.29, 0.717) is 19.6 Å². The highest BCUT2D eigenvalue weighted by atomic mass is 16.5. The van der Waals surface area contributed by atoms with Gasteiger partial charge in [0.25, 0.3) is 0 Å². The number of fused-ring (bicyclic) bond motifs is 4. The number of piperidine rings is 3. The molecule has 10 nitrogen and oxygen atoms in total. The highest BCUT2D eigenvalue weighted by Crippen LogP contribution is 2.77. The number of esters is 1. The van der Waals surface area contributed by atoms with Crippen molar-refractivity contribution in [1.82, 2.24) is 9.80 Å². The van der Waals surface area contributed by atoms with E-state index in [2.05, 4.69) is 57.2 Å². The molecule has 53 heavy (non-hydrogen) atoms. The molecular weight excluding hydrogens is 668 g/mol. The largest absolute Gasteiger partial charge is 0.495 e. The lowest BCUT2D eigenvalue weighted by Crippen LogP contribution is -2.81. The van der Waals surface area contributed by atoms with Crippen LogP contribution < -0.4 is 9.64 Å². The van der Waals surface area contributed by atoms with Gasteiger partial charge in [0.05, 0.1) is 54.6 Å². The molecule has 11 aliphatic rings. The Morgan fingerprint density at radius 3 is 2.58 bits per heavy atom. The van der Waals surface area contributed by atoms with Gasteiger partial charge in [0, 0.05) is 72.8 Å². The van der Waals surface area contributed by atoms with E-state index in [9.17, 15) is 9.90 Å². The number of carbonyl (C=O) groups is 1. The molecule has 0 radical (unpaired) electrons. The lowest BCUT2D eigenvalue weighted by Gasteiger charge is -2.70. The van der Waals surface area contributed by atoms with Crippen molar-refractivity contribution < 1.29 is 28.8 Å². The van der Waals surface area contributed by atoms with Gasteiger partial charge >= 0.3 is 5.97 Å². The number of aliphatic imine (C=N–C) groups is 1. The second-order valence-electron chi connectivity index (χ2n) is 19.0. The average molecular weight is 719 g/mol. The molecule has 2 aromatic carbocycles. The number of anilines is 1. The van der Waals surface area contributed by atoms with Crippen molar-refractivity contribution in [2.45, 2.75) is 92.2 Å². The Morgan fingerprint density at radius 2 is 1.70 bits per heavy atom. The van der Waals surface area contributed by atoms with Crippen LogP contribution in [0.2, 0.25) is 0 Å². The Hall–Kier alpha value is -3.02. The summed E-state index contributed by atoms with van der Waals surface area (Å²) >= 11 is 0. The fourth-order valence-corrected chi connectivity index (χ4v) is 16.9. The van der Waals surface area contributed by atoms with Crippen LogP contribution in [0, 0.1) is 28.1 Å². The molecule has 2 aliphatic carbocycles. The normalized spacial score (nSPS) is 49.0. The molecule has 9 fully saturated rings. The molecule has 10 heteroatoms. The molecule has 9 aliphatic heterocycles. The lowest BCUT2D eigenvalue weighted by atomic mass is 9.42. The standard InChI is InChI=1S/C43H50N4O6/c1-50-30-9-5-7-28-32(30)47-24-38(20-25-21-39-13-18-52-31(39)10-15-45-17-12-42(28,36(39)45)43(25,47)49)23-46-16-11-41-27-6-3-4-8-29(27)44-33(41)26(34(48)51-2)22-40(35(41)46)14-19-53-37(38)40/h3-9,25-26,31,35-37,49H,10-24H2,1-2H3/t25-,26?,31+,35+,36+,37+,38+,39-,40+,41+,42-,43-/m1/s1. The third-order valence-corrected chi connectivity index (χ3v) is 17.8. The van der Waals surface area contributed by atoms with Gasteiger partial charge in [0.1, 0.15) is 5.75 Å². The zero-order valence-corrected chi connectivity index (χ0v) is 30.9. The number of carbonyl (C=O) groups excluding carboxylic acids is 1. The molecule has 0 amide bonds. The van der Waals surface area contributed by atoms with E-state index in [-0.39, 0.29) is 57.8 Å². The van der Waals surface area contributed by atoms with Crippen LogP contribution in [0.4, 0.5) is 11.4 Å². The maximum absolute atomic E-state index is 14.0. The number of rotatable bonds is 2. The Bertz CT molecular complexity index is 2040. The van der Waals surface area contributed by atoms with E-state index in [1.54, 1.807) is 7.11 Å². The van der Waals surface area contributed by atoms with Crippen LogP contribution in [0.3, 0.4) is 0 Å². The molecule has 1 N–H and O–H groups in total. The molecule has 2 aromatic rings. The van der Waals surface area contributed by atoms with Crippen molar-refractivity contribution >= 4 is 23.1 Å². The fourth-order valence-electron chi connectivity index (χ4n) is 16.9. The number of benzene rings is 2. The van der Waals surface area contributed by atoms with E-state index in [1.807, 2.05) is 0 Å². The molecule has 1 unspecified atom stereocenters. The highest BCUT2D eigenvalue weighted by Gasteiger charge is 2.83. The van der Waals surface area contributed by atoms with Gasteiger partial charge in [-0.1, -0.05) is 30.3 Å². The van der Waals surface area contributed by atoms with E-state index >= 15 is 0 Å². The molecular formula is C43H50N4O6. The molecule has 2 saturated carbocycles. The van der Waals surface area contributed by atoms with Crippen LogP contribution in [-0.4, -0.2) is 117 Å². The van der Waals surface area contributed by atoms with Crippen molar-refractivity contribution in [3.05, 3.63) is 53.6 Å². The number of methoxy groups -OCH3 is 2. The molecule has 0 bridgehead atoms. The Balaban J connectivity index is 1.02. The number of nitrogens with zero attached hydrogens (tertiary/aromatic N) is 4. The Morgan fingerprint density at radius 1 is 0.868 bits per heavy atom. The smallest absolute Gasteiger partial charge is 0.314 e. The SMILES string of the molecule is COC(=O)C1C[C@]23CCO[C@H]2[C@@]2(C[C@@H]4C[C@]56CCO[C@H]5CCN5CC[C@@]7(c8cccc(OC)c8N(C2)[C@@]47O)[C@@H]56)CN2CC[C@]4(C1=Nc1ccccc14)[C@@H]23. The Labute approximate surface area is 310 Å². The third kappa shape index (κ3) is 3.09. The van der Waals surface area contributed by atoms with Gasteiger partial charge in [-0.2, -0.15) is 0 Å². The minimum atomic E-state index is -1.04. The first kappa shape index (κ1) is 31.2. The molecule has 13 rings (SSSR count). The van der Waals surface area contributed by atoms with Crippen molar-refractivity contribution in [3.8, 4) is 5.75 Å². The van der Waals surface area contributed by atoms with Crippen molar-refractivity contribution in [1.29, 1.82) is 0 Å². The van der Waals surface area contributed by atoms with Gasteiger partial charge in [-0.05, 0) is 87.7 Å². The monoisotopic (exact) mass is 718 g/mol. The Kier molecular flexibility index (Phi) is 5.70. The average Bonchev–Trinajstić information content (AvgIpc) is 4.02. The third-order valence-electron chi connectivity index (χ3n) is 17.8. The van der Waals surface area contributed by atoms with Crippen LogP contribution in [0.25, 0.3) is 0 Å². The van der Waals surface area contributed by atoms with E-state index in [1.165, 1.54) is 18.2 Å². The summed E-state index contributed by atoms with van der Waals surface area (Å²) in [6.45, 7) is 6.11. The quantitative estimate of drug-likeness (QED) is 0.459. The van der Waals surface area contributed by atoms with Crippen molar-refractivity contribution in [2.75, 3.05) is 65.1 Å². The lowest BCUT2D eigenvalue weighted by molar-refractivity contribution is -0.234. The predicted octanol–water partition coefficient (Wildman–Crippen LogP) is 4.19. The number of ether oxygens (including phenoxy) is 4. The van der Waals surface area contributed by atoms with Crippen molar-refractivity contribution in [2.24, 2.45) is 33.1 Å². The number of para-hydroxylation sites is 2. The first-order valence-electron chi connectivity index (χ1n) is 20.5. The molecule has 7 saturated heterocycles. The van der Waals surface area contributed by atoms with E-state index in [0.717, 1.165) is 101 Å². The second kappa shape index (κ2) is 9.67. The summed E-state index contributed by atoms with van der Waals surface area (Å²) in [5.74, 6) is 0.321. The molecule has 0 aromatic heterocycles. The van der Waals surface area contributed by atoms with Gasteiger partial charge in [0.15, 0.2) is 5.72 Å². The first-order valence-corrected chi connectivity index (χ1v) is 20.5. The maximum atomic E-state index is 14.0. The van der Waals surface area contributed by atoms with Gasteiger partial charge in [-0.3, -0.25) is 19.6 Å². The summed E-state index contributed by atoms with van der Waals surface area (Å²) in [4.78, 5) is 27.3. The summed E-state index contributed by atoms with van der Waals surface area (Å²) < 4.78 is 25.8. The van der Waals surface area contributed by atoms with Crippen LogP contribution >= 0.6 is 0 Å². The van der Waals surface area contributed by atoms with Gasteiger partial charge in [-0.15, -0.1) is 0 Å². The summed E-state index contributed by atoms with van der Waals surface area (Å²) in [6.07, 6.45) is 7.67. The van der Waals surface area contributed by atoms with Gasteiger partial charge in [-0.25, -0.2) is 0 Å². The van der Waals surface area contributed by atoms with E-state index < -0.39 is 17.1 Å². The zero-order chi connectivity index (χ0) is 35.3.